The Balaban J connectivity index is 1.91. The molecule has 2 heteroatoms. The van der Waals surface area contributed by atoms with Gasteiger partial charge in [-0.05, 0) is 18.9 Å². The highest BCUT2D eigenvalue weighted by atomic mass is 16.1. The maximum atomic E-state index is 11.0. The van der Waals surface area contributed by atoms with Crippen LogP contribution in [0.25, 0.3) is 0 Å². The Hall–Kier alpha value is -0.790. The summed E-state index contributed by atoms with van der Waals surface area (Å²) in [4.78, 5) is 13.2. The van der Waals surface area contributed by atoms with Crippen LogP contribution in [-0.2, 0) is 4.79 Å². The lowest BCUT2D eigenvalue weighted by atomic mass is 9.94. The third-order valence-electron chi connectivity index (χ3n) is 2.83. The lowest BCUT2D eigenvalue weighted by molar-refractivity contribution is -0.114. The molecule has 2 rings (SSSR count). The summed E-state index contributed by atoms with van der Waals surface area (Å²) in [6.07, 6.45) is 10.3. The van der Waals surface area contributed by atoms with Crippen LogP contribution in [0.1, 0.15) is 32.1 Å². The fourth-order valence-corrected chi connectivity index (χ4v) is 2.13. The lowest BCUT2D eigenvalue weighted by Crippen LogP contribution is -2.32. The molecule has 0 N–H and O–H groups in total. The van der Waals surface area contributed by atoms with Gasteiger partial charge in [-0.15, -0.1) is 0 Å². The summed E-state index contributed by atoms with van der Waals surface area (Å²) in [6.45, 7) is 0.630. The second-order valence-electron chi connectivity index (χ2n) is 3.75. The Morgan fingerprint density at radius 2 is 2.00 bits per heavy atom. The Kier molecular flexibility index (Phi) is 2.15. The first kappa shape index (κ1) is 7.84. The number of nitrogens with zero attached hydrogens (tertiary/aromatic N) is 1. The molecule has 0 aromatic carbocycles. The Bertz CT molecular complexity index is 204. The number of carbonyl (C=O) groups is 1. The number of carbonyl (C=O) groups excluding carboxylic acids is 1. The van der Waals surface area contributed by atoms with Crippen molar-refractivity contribution in [2.45, 2.75) is 38.1 Å². The summed E-state index contributed by atoms with van der Waals surface area (Å²) in [7, 11) is 0. The van der Waals surface area contributed by atoms with Crippen LogP contribution in [0.3, 0.4) is 0 Å². The summed E-state index contributed by atoms with van der Waals surface area (Å²) < 4.78 is 0. The van der Waals surface area contributed by atoms with Crippen LogP contribution < -0.4 is 0 Å². The average molecular weight is 165 g/mol. The van der Waals surface area contributed by atoms with Crippen LogP contribution in [-0.4, -0.2) is 23.3 Å². The number of ketones is 1. The van der Waals surface area contributed by atoms with Crippen molar-refractivity contribution in [1.29, 1.82) is 0 Å². The van der Waals surface area contributed by atoms with Crippen molar-refractivity contribution in [2.75, 3.05) is 6.54 Å². The zero-order valence-corrected chi connectivity index (χ0v) is 7.33. The van der Waals surface area contributed by atoms with Crippen LogP contribution in [0.2, 0.25) is 0 Å². The Morgan fingerprint density at radius 1 is 1.25 bits per heavy atom. The number of hydrogen-bond donors (Lipinski definition) is 0. The number of hydrogen-bond acceptors (Lipinski definition) is 2. The van der Waals surface area contributed by atoms with Crippen LogP contribution in [0.4, 0.5) is 0 Å². The van der Waals surface area contributed by atoms with E-state index >= 15 is 0 Å². The molecule has 0 aromatic heterocycles. The van der Waals surface area contributed by atoms with Crippen LogP contribution in [0.5, 0.6) is 0 Å². The smallest absolute Gasteiger partial charge is 0.176 e. The van der Waals surface area contributed by atoms with E-state index in [0.717, 1.165) is 0 Å². The average Bonchev–Trinajstić information content (AvgIpc) is 2.54. The van der Waals surface area contributed by atoms with Gasteiger partial charge in [0.25, 0.3) is 0 Å². The van der Waals surface area contributed by atoms with E-state index in [1.165, 1.54) is 32.1 Å². The fourth-order valence-electron chi connectivity index (χ4n) is 2.13. The summed E-state index contributed by atoms with van der Waals surface area (Å²) in [5, 5.41) is 0. The monoisotopic (exact) mass is 165 g/mol. The first-order valence-corrected chi connectivity index (χ1v) is 4.83. The molecular formula is C10H15NO. The minimum Gasteiger partial charge on any atom is -0.367 e. The highest BCUT2D eigenvalue weighted by Gasteiger charge is 2.22. The molecule has 2 nitrogen and oxygen atoms in total. The van der Waals surface area contributed by atoms with Crippen molar-refractivity contribution in [3.8, 4) is 0 Å². The maximum absolute atomic E-state index is 11.0. The van der Waals surface area contributed by atoms with Gasteiger partial charge in [-0.2, -0.15) is 0 Å². The molecule has 1 aliphatic carbocycles. The van der Waals surface area contributed by atoms with Crippen LogP contribution in [0, 0.1) is 0 Å². The van der Waals surface area contributed by atoms with E-state index in [-0.39, 0.29) is 5.78 Å². The van der Waals surface area contributed by atoms with Crippen molar-refractivity contribution in [3.05, 3.63) is 12.3 Å². The van der Waals surface area contributed by atoms with Gasteiger partial charge >= 0.3 is 0 Å². The first-order chi connectivity index (χ1) is 5.86. The van der Waals surface area contributed by atoms with Gasteiger partial charge in [-0.25, -0.2) is 0 Å². The van der Waals surface area contributed by atoms with Gasteiger partial charge in [0.05, 0.1) is 6.54 Å². The molecule has 0 saturated heterocycles. The molecule has 0 spiro atoms. The molecule has 0 amide bonds. The third kappa shape index (κ3) is 1.52. The topological polar surface area (TPSA) is 20.3 Å². The van der Waals surface area contributed by atoms with Crippen molar-refractivity contribution >= 4 is 5.78 Å². The number of rotatable bonds is 1. The van der Waals surface area contributed by atoms with Crippen molar-refractivity contribution in [2.24, 2.45) is 0 Å². The standard InChI is InChI=1S/C10H15NO/c12-10-6-7-11(8-10)9-4-2-1-3-5-9/h6-7,9H,1-5,8H2. The highest BCUT2D eigenvalue weighted by Crippen LogP contribution is 2.23. The van der Waals surface area contributed by atoms with Gasteiger partial charge < -0.3 is 4.90 Å². The summed E-state index contributed by atoms with van der Waals surface area (Å²) >= 11 is 0. The van der Waals surface area contributed by atoms with E-state index in [2.05, 4.69) is 4.90 Å². The molecule has 0 bridgehead atoms. The molecule has 1 heterocycles. The predicted octanol–water partition coefficient (Wildman–Crippen LogP) is 1.72. The summed E-state index contributed by atoms with van der Waals surface area (Å²) in [5.41, 5.74) is 0. The quantitative estimate of drug-likeness (QED) is 0.589. The molecule has 0 aromatic rings. The molecule has 0 atom stereocenters. The first-order valence-electron chi connectivity index (χ1n) is 4.83. The molecule has 2 aliphatic rings. The van der Waals surface area contributed by atoms with Gasteiger partial charge in [0, 0.05) is 12.2 Å². The zero-order chi connectivity index (χ0) is 8.39. The molecule has 0 radical (unpaired) electrons. The van der Waals surface area contributed by atoms with Crippen LogP contribution >= 0.6 is 0 Å². The minimum atomic E-state index is 0.264. The third-order valence-corrected chi connectivity index (χ3v) is 2.83. The van der Waals surface area contributed by atoms with Crippen molar-refractivity contribution in [1.82, 2.24) is 4.90 Å². The fraction of sp³-hybridized carbons (Fsp3) is 0.700. The second-order valence-corrected chi connectivity index (χ2v) is 3.75. The van der Waals surface area contributed by atoms with E-state index in [9.17, 15) is 4.79 Å². The second kappa shape index (κ2) is 3.30. The maximum Gasteiger partial charge on any atom is 0.176 e. The van der Waals surface area contributed by atoms with E-state index in [0.29, 0.717) is 12.6 Å². The highest BCUT2D eigenvalue weighted by molar-refractivity contribution is 5.93. The molecule has 1 aliphatic heterocycles. The van der Waals surface area contributed by atoms with Gasteiger partial charge in [-0.1, -0.05) is 19.3 Å². The molecule has 1 saturated carbocycles. The van der Waals surface area contributed by atoms with E-state index < -0.39 is 0 Å². The molecule has 0 unspecified atom stereocenters. The van der Waals surface area contributed by atoms with Gasteiger partial charge in [0.15, 0.2) is 5.78 Å². The zero-order valence-electron chi connectivity index (χ0n) is 7.33. The van der Waals surface area contributed by atoms with Gasteiger partial charge in [0.1, 0.15) is 0 Å². The molecule has 1 fully saturated rings. The predicted molar refractivity (Wildman–Crippen MR) is 47.7 cm³/mol. The molecular weight excluding hydrogens is 150 g/mol. The minimum absolute atomic E-state index is 0.264. The normalized spacial score (nSPS) is 25.3. The summed E-state index contributed by atoms with van der Waals surface area (Å²) in [5.74, 6) is 0.264. The van der Waals surface area contributed by atoms with E-state index in [4.69, 9.17) is 0 Å². The molecule has 66 valence electrons. The summed E-state index contributed by atoms with van der Waals surface area (Å²) in [6, 6.07) is 0.654. The van der Waals surface area contributed by atoms with Crippen molar-refractivity contribution in [3.63, 3.8) is 0 Å². The Morgan fingerprint density at radius 3 is 2.58 bits per heavy atom. The largest absolute Gasteiger partial charge is 0.367 e. The SMILES string of the molecule is O=C1C=CN(C2CCCCC2)C1. The van der Waals surface area contributed by atoms with Gasteiger partial charge in [-0.3, -0.25) is 4.79 Å². The van der Waals surface area contributed by atoms with E-state index in [1.807, 2.05) is 6.20 Å². The van der Waals surface area contributed by atoms with Crippen LogP contribution in [0.15, 0.2) is 12.3 Å². The van der Waals surface area contributed by atoms with Gasteiger partial charge in [0.2, 0.25) is 0 Å². The van der Waals surface area contributed by atoms with E-state index in [1.54, 1.807) is 6.08 Å². The lowest BCUT2D eigenvalue weighted by Gasteiger charge is -2.30. The van der Waals surface area contributed by atoms with Crippen molar-refractivity contribution < 1.29 is 4.79 Å². The Labute approximate surface area is 73.2 Å². The molecule has 12 heavy (non-hydrogen) atoms.